The Balaban J connectivity index is 0.786. The summed E-state index contributed by atoms with van der Waals surface area (Å²) in [6, 6.07) is 19.6. The van der Waals surface area contributed by atoms with Crippen LogP contribution in [0.15, 0.2) is 73.1 Å². The molecule has 2 bridgehead atoms. The molecule has 14 nitrogen and oxygen atoms in total. The Bertz CT molecular complexity index is 2440. The Labute approximate surface area is 326 Å². The number of aromatic nitrogens is 4. The molecule has 5 aromatic rings. The third-order valence-electron chi connectivity index (χ3n) is 12.4. The number of rotatable bonds is 8. The van der Waals surface area contributed by atoms with Gasteiger partial charge in [0, 0.05) is 43.7 Å². The molecule has 4 amide bonds. The number of amides is 4. The van der Waals surface area contributed by atoms with Gasteiger partial charge in [0.25, 0.3) is 11.8 Å². The van der Waals surface area contributed by atoms with Gasteiger partial charge in [-0.3, -0.25) is 34.3 Å². The number of halogens is 1. The molecule has 5 aliphatic heterocycles. The SMILES string of the molecule is Nc1ncnc2c1c(-c1ccc(Oc3ccccc3)cc1)nn2C1CCC(CN2C3CC2CN(c2cc4c(cc2F)C(=O)N(C2CCC(=O)NC2=O)C4=O)C3)CC1. The van der Waals surface area contributed by atoms with E-state index in [2.05, 4.69) is 20.2 Å². The third-order valence-corrected chi connectivity index (χ3v) is 12.4. The van der Waals surface area contributed by atoms with Crippen molar-refractivity contribution < 1.29 is 28.3 Å². The van der Waals surface area contributed by atoms with Crippen LogP contribution in [0.25, 0.3) is 22.3 Å². The zero-order chi connectivity index (χ0) is 38.9. The van der Waals surface area contributed by atoms with Crippen molar-refractivity contribution >= 4 is 46.2 Å². The van der Waals surface area contributed by atoms with E-state index in [9.17, 15) is 19.2 Å². The third kappa shape index (κ3) is 6.07. The van der Waals surface area contributed by atoms with E-state index >= 15 is 4.39 Å². The molecule has 3 unspecified atom stereocenters. The van der Waals surface area contributed by atoms with Gasteiger partial charge in [0.05, 0.1) is 28.2 Å². The number of hydrogen-bond acceptors (Lipinski definition) is 11. The highest BCUT2D eigenvalue weighted by Gasteiger charge is 2.48. The van der Waals surface area contributed by atoms with E-state index in [4.69, 9.17) is 15.6 Å². The van der Waals surface area contributed by atoms with E-state index in [-0.39, 0.29) is 42.1 Å². The van der Waals surface area contributed by atoms with Gasteiger partial charge in [-0.05, 0) is 93.0 Å². The number of para-hydroxylation sites is 1. The number of nitrogens with two attached hydrogens (primary N) is 1. The predicted octanol–water partition coefficient (Wildman–Crippen LogP) is 5.10. The molecule has 1 aliphatic carbocycles. The minimum Gasteiger partial charge on any atom is -0.457 e. The summed E-state index contributed by atoms with van der Waals surface area (Å²) in [7, 11) is 0. The molecule has 3 N–H and O–H groups in total. The van der Waals surface area contributed by atoms with E-state index < -0.39 is 35.5 Å². The molecule has 0 radical (unpaired) electrons. The maximum absolute atomic E-state index is 15.6. The van der Waals surface area contributed by atoms with Crippen molar-refractivity contribution in [3.8, 4) is 22.8 Å². The topological polar surface area (TPSA) is 169 Å². The second-order valence-corrected chi connectivity index (χ2v) is 15.8. The van der Waals surface area contributed by atoms with Crippen molar-refractivity contribution in [3.05, 3.63) is 90.0 Å². The number of piperazine rings is 1. The van der Waals surface area contributed by atoms with Gasteiger partial charge in [-0.2, -0.15) is 5.10 Å². The van der Waals surface area contributed by atoms with Crippen LogP contribution < -0.4 is 20.7 Å². The molecule has 0 spiro atoms. The summed E-state index contributed by atoms with van der Waals surface area (Å²) in [5.41, 5.74) is 9.15. The summed E-state index contributed by atoms with van der Waals surface area (Å²) in [6.07, 6.45) is 6.56. The molecule has 57 heavy (non-hydrogen) atoms. The molecule has 15 heteroatoms. The Morgan fingerprint density at radius 1 is 0.825 bits per heavy atom. The molecule has 7 heterocycles. The number of benzene rings is 3. The van der Waals surface area contributed by atoms with Crippen LogP contribution in [0.5, 0.6) is 11.5 Å². The highest BCUT2D eigenvalue weighted by molar-refractivity contribution is 6.23. The minimum atomic E-state index is -1.10. The number of nitrogen functional groups attached to an aromatic ring is 1. The maximum atomic E-state index is 15.6. The number of imide groups is 2. The van der Waals surface area contributed by atoms with Gasteiger partial charge < -0.3 is 15.4 Å². The number of hydrogen-bond donors (Lipinski definition) is 2. The van der Waals surface area contributed by atoms with E-state index in [1.807, 2.05) is 64.2 Å². The quantitative estimate of drug-likeness (QED) is 0.202. The van der Waals surface area contributed by atoms with Gasteiger partial charge in [-0.1, -0.05) is 18.2 Å². The van der Waals surface area contributed by atoms with E-state index in [1.165, 1.54) is 12.4 Å². The fraction of sp³-hybridized carbons (Fsp3) is 0.357. The molecule has 4 saturated heterocycles. The van der Waals surface area contributed by atoms with E-state index in [0.717, 1.165) is 83.4 Å². The number of nitrogens with zero attached hydrogens (tertiary/aromatic N) is 7. The van der Waals surface area contributed by atoms with Gasteiger partial charge in [0.1, 0.15) is 41.2 Å². The van der Waals surface area contributed by atoms with Crippen LogP contribution in [0, 0.1) is 11.7 Å². The van der Waals surface area contributed by atoms with E-state index in [0.29, 0.717) is 30.5 Å². The Morgan fingerprint density at radius 3 is 2.25 bits per heavy atom. The number of carbonyl (C=O) groups excluding carboxylic acids is 4. The second-order valence-electron chi connectivity index (χ2n) is 15.8. The highest BCUT2D eigenvalue weighted by Crippen LogP contribution is 2.42. The average molecular weight is 770 g/mol. The number of anilines is 2. The number of fused-ring (bicyclic) bond motifs is 4. The molecule has 2 aromatic heterocycles. The molecular weight excluding hydrogens is 730 g/mol. The first-order valence-corrected chi connectivity index (χ1v) is 19.6. The summed E-state index contributed by atoms with van der Waals surface area (Å²) >= 11 is 0. The first-order valence-electron chi connectivity index (χ1n) is 19.6. The van der Waals surface area contributed by atoms with Crippen molar-refractivity contribution in [2.24, 2.45) is 5.92 Å². The molecular formula is C42H40FN9O5. The van der Waals surface area contributed by atoms with Crippen molar-refractivity contribution in [3.63, 3.8) is 0 Å². The van der Waals surface area contributed by atoms with Crippen molar-refractivity contribution in [1.82, 2.24) is 34.9 Å². The fourth-order valence-electron chi connectivity index (χ4n) is 9.53. The van der Waals surface area contributed by atoms with Gasteiger partial charge in [0.15, 0.2) is 5.65 Å². The number of ether oxygens (including phenoxy) is 1. The lowest BCUT2D eigenvalue weighted by Gasteiger charge is -2.58. The summed E-state index contributed by atoms with van der Waals surface area (Å²) in [6.45, 7) is 2.19. The molecule has 1 saturated carbocycles. The van der Waals surface area contributed by atoms with E-state index in [1.54, 1.807) is 0 Å². The van der Waals surface area contributed by atoms with Crippen LogP contribution in [-0.2, 0) is 9.59 Å². The lowest BCUT2D eigenvalue weighted by Crippen LogP contribution is -2.69. The smallest absolute Gasteiger partial charge is 0.262 e. The maximum Gasteiger partial charge on any atom is 0.262 e. The summed E-state index contributed by atoms with van der Waals surface area (Å²) in [5.74, 6) is -0.663. The summed E-state index contributed by atoms with van der Waals surface area (Å²) in [5, 5.41) is 8.04. The number of nitrogens with one attached hydrogen (secondary N) is 1. The zero-order valence-corrected chi connectivity index (χ0v) is 31.0. The predicted molar refractivity (Wildman–Crippen MR) is 207 cm³/mol. The summed E-state index contributed by atoms with van der Waals surface area (Å²) < 4.78 is 23.7. The van der Waals surface area contributed by atoms with Crippen LogP contribution in [0.2, 0.25) is 0 Å². The normalized spacial score (nSPS) is 24.8. The van der Waals surface area contributed by atoms with Gasteiger partial charge >= 0.3 is 0 Å². The Kier molecular flexibility index (Phi) is 8.50. The molecule has 6 aliphatic rings. The fourth-order valence-corrected chi connectivity index (χ4v) is 9.53. The monoisotopic (exact) mass is 769 g/mol. The Hall–Kier alpha value is -6.22. The van der Waals surface area contributed by atoms with Crippen LogP contribution in [0.4, 0.5) is 15.9 Å². The first-order chi connectivity index (χ1) is 27.7. The highest BCUT2D eigenvalue weighted by atomic mass is 19.1. The largest absolute Gasteiger partial charge is 0.457 e. The average Bonchev–Trinajstić information content (AvgIpc) is 3.72. The van der Waals surface area contributed by atoms with Crippen LogP contribution in [0.1, 0.15) is 71.7 Å². The Morgan fingerprint density at radius 2 is 1.53 bits per heavy atom. The number of piperidine rings is 2. The first kappa shape index (κ1) is 35.2. The van der Waals surface area contributed by atoms with Gasteiger partial charge in [-0.15, -0.1) is 0 Å². The molecule has 11 rings (SSSR count). The van der Waals surface area contributed by atoms with Crippen molar-refractivity contribution in [1.29, 1.82) is 0 Å². The lowest BCUT2D eigenvalue weighted by molar-refractivity contribution is -0.136. The molecule has 3 atom stereocenters. The summed E-state index contributed by atoms with van der Waals surface area (Å²) in [4.78, 5) is 65.1. The molecule has 3 aromatic carbocycles. The number of carbonyl (C=O) groups is 4. The van der Waals surface area contributed by atoms with Gasteiger partial charge in [-0.25, -0.2) is 19.0 Å². The van der Waals surface area contributed by atoms with Crippen molar-refractivity contribution in [2.45, 2.75) is 69.1 Å². The van der Waals surface area contributed by atoms with Crippen LogP contribution >= 0.6 is 0 Å². The van der Waals surface area contributed by atoms with Crippen LogP contribution in [-0.4, -0.2) is 90.9 Å². The minimum absolute atomic E-state index is 0.0217. The zero-order valence-electron chi connectivity index (χ0n) is 31.0. The molecule has 5 fully saturated rings. The standard InChI is InChI=1S/C42H40FN9O5/c43-32-17-30-31(42(56)51(41(30)55)33-14-15-35(53)47-40(33)54)18-34(32)49-20-26-16-27(21-49)50(26)19-23-6-10-25(11-7-23)52-39-36(38(44)45-22-46-39)37(48-52)24-8-12-29(13-9-24)57-28-4-2-1-3-5-28/h1-5,8-9,12-13,17-18,22-23,25-27,33H,6-7,10-11,14-16,19-21H2,(H2,44,45,46)(H,47,53,54). The molecule has 290 valence electrons. The second kappa shape index (κ2) is 13.8. The van der Waals surface area contributed by atoms with Crippen molar-refractivity contribution in [2.75, 3.05) is 30.3 Å². The van der Waals surface area contributed by atoms with Gasteiger partial charge in [0.2, 0.25) is 11.8 Å². The lowest BCUT2D eigenvalue weighted by atomic mass is 9.81. The van der Waals surface area contributed by atoms with Crippen LogP contribution in [0.3, 0.4) is 0 Å².